The van der Waals surface area contributed by atoms with Crippen LogP contribution in [0, 0.1) is 0 Å². The number of hydrogen-bond donors (Lipinski definition) is 1. The Labute approximate surface area is 264 Å². The fraction of sp³-hybridized carbons (Fsp3) is 0.583. The van der Waals surface area contributed by atoms with Gasteiger partial charge in [0.25, 0.3) is 0 Å². The van der Waals surface area contributed by atoms with Crippen LogP contribution in [-0.2, 0) is 11.3 Å². The van der Waals surface area contributed by atoms with Crippen LogP contribution < -0.4 is 14.8 Å². The van der Waals surface area contributed by atoms with Crippen LogP contribution in [0.15, 0.2) is 53.4 Å². The van der Waals surface area contributed by atoms with Gasteiger partial charge in [-0.3, -0.25) is 0 Å². The van der Waals surface area contributed by atoms with Gasteiger partial charge in [-0.2, -0.15) is 0 Å². The van der Waals surface area contributed by atoms with Gasteiger partial charge < -0.3 is 4.74 Å². The van der Waals surface area contributed by atoms with Crippen LogP contribution in [0.1, 0.15) is 103 Å². The van der Waals surface area contributed by atoms with Crippen LogP contribution in [0.2, 0.25) is 13.3 Å². The predicted molar refractivity (Wildman–Crippen MR) is 183 cm³/mol. The molecule has 6 heteroatoms. The Morgan fingerprint density at radius 2 is 1.55 bits per heavy atom. The maximum atomic E-state index is 12.8. The molecule has 0 unspecified atom stereocenters. The van der Waals surface area contributed by atoms with Gasteiger partial charge in [-0.1, -0.05) is 0 Å². The first kappa shape index (κ1) is 34.9. The summed E-state index contributed by atoms with van der Waals surface area (Å²) in [5.41, 5.74) is 2.43. The molecule has 0 aliphatic heterocycles. The van der Waals surface area contributed by atoms with Gasteiger partial charge in [0.1, 0.15) is 0 Å². The van der Waals surface area contributed by atoms with Crippen molar-refractivity contribution in [3.63, 3.8) is 0 Å². The molecule has 42 heavy (non-hydrogen) atoms. The molecule has 4 nitrogen and oxygen atoms in total. The minimum atomic E-state index is -2.66. The number of thioether (sulfide) groups is 1. The first-order chi connectivity index (χ1) is 20.5. The quantitative estimate of drug-likeness (QED) is 0.104. The molecule has 1 aliphatic rings. The first-order valence-electron chi connectivity index (χ1n) is 16.4. The summed E-state index contributed by atoms with van der Waals surface area (Å²) < 4.78 is 16.9. The van der Waals surface area contributed by atoms with Crippen LogP contribution in [0.5, 0.6) is 11.5 Å². The second kappa shape index (κ2) is 18.9. The Morgan fingerprint density at radius 1 is 0.905 bits per heavy atom. The first-order valence-corrected chi connectivity index (χ1v) is 24.8. The van der Waals surface area contributed by atoms with Crippen LogP contribution in [0.25, 0.3) is 3.59 Å². The van der Waals surface area contributed by atoms with Crippen molar-refractivity contribution in [2.45, 2.75) is 121 Å². The van der Waals surface area contributed by atoms with Gasteiger partial charge in [0, 0.05) is 0 Å². The molecule has 2 aromatic rings. The Morgan fingerprint density at radius 3 is 2.10 bits per heavy atom. The van der Waals surface area contributed by atoms with E-state index in [-0.39, 0.29) is 5.91 Å². The number of ether oxygens (including phenoxy) is 2. The molecule has 1 aliphatic carbocycles. The van der Waals surface area contributed by atoms with Gasteiger partial charge in [0.15, 0.2) is 0 Å². The molecule has 2 aromatic carbocycles. The molecule has 0 aromatic heterocycles. The Hall–Kier alpha value is -1.60. The van der Waals surface area contributed by atoms with Crippen molar-refractivity contribution in [1.29, 1.82) is 0 Å². The van der Waals surface area contributed by atoms with E-state index >= 15 is 0 Å². The standard InChI is InChI=1S/C24H28NO3S.3C4H9.Sn/c1-27-20-11-10-19(23(16-20)28-2)17-25-24(26)7-5-3-4-6-18-8-12-21(13-9-18)29-22-14-15-22;3*1-3-4-2;/h4,8-13,16,22H,3,5,7,14-15,17H2,1-2H3,(H,25,26);3*1,3-4H2,2H3;. The molecule has 0 spiro atoms. The molecular weight excluding hydrogens is 645 g/mol. The van der Waals surface area contributed by atoms with Crippen LogP contribution in [0.3, 0.4) is 0 Å². The third-order valence-electron chi connectivity index (χ3n) is 8.52. The molecule has 0 bridgehead atoms. The summed E-state index contributed by atoms with van der Waals surface area (Å²) in [6.07, 6.45) is 15.6. The number of nitrogens with one attached hydrogen (secondary N) is 1. The van der Waals surface area contributed by atoms with Crippen molar-refractivity contribution in [3.05, 3.63) is 59.7 Å². The molecule has 0 atom stereocenters. The molecule has 3 rings (SSSR count). The van der Waals surface area contributed by atoms with E-state index in [0.717, 1.165) is 35.2 Å². The molecule has 0 radical (unpaired) electrons. The topological polar surface area (TPSA) is 47.6 Å². The third kappa shape index (κ3) is 11.2. The van der Waals surface area contributed by atoms with E-state index in [9.17, 15) is 4.79 Å². The van der Waals surface area contributed by atoms with Crippen molar-refractivity contribution in [2.75, 3.05) is 14.2 Å². The number of carbonyl (C=O) groups is 1. The van der Waals surface area contributed by atoms with E-state index in [1.165, 1.54) is 75.1 Å². The summed E-state index contributed by atoms with van der Waals surface area (Å²) in [5.74, 6) is 1.58. The van der Waals surface area contributed by atoms with Crippen molar-refractivity contribution in [1.82, 2.24) is 5.32 Å². The van der Waals surface area contributed by atoms with Gasteiger partial charge in [-0.25, -0.2) is 0 Å². The van der Waals surface area contributed by atoms with Crippen LogP contribution in [-0.4, -0.2) is 43.8 Å². The van der Waals surface area contributed by atoms with E-state index in [0.29, 0.717) is 13.0 Å². The normalized spacial score (nSPS) is 13.7. The summed E-state index contributed by atoms with van der Waals surface area (Å²) in [5, 5.41) is 3.94. The average molecular weight is 701 g/mol. The van der Waals surface area contributed by atoms with Gasteiger partial charge in [0.05, 0.1) is 7.11 Å². The number of amides is 1. The number of hydrogen-bond acceptors (Lipinski definition) is 4. The number of carbonyl (C=O) groups excluding carboxylic acids is 1. The van der Waals surface area contributed by atoms with E-state index < -0.39 is 18.4 Å². The molecule has 1 amide bonds. The Kier molecular flexibility index (Phi) is 15.7. The fourth-order valence-electron chi connectivity index (χ4n) is 5.85. The fourth-order valence-corrected chi connectivity index (χ4v) is 24.0. The maximum absolute atomic E-state index is 12.8. The summed E-state index contributed by atoms with van der Waals surface area (Å²) in [7, 11) is 3.29. The zero-order valence-electron chi connectivity index (χ0n) is 26.9. The van der Waals surface area contributed by atoms with Crippen molar-refractivity contribution >= 4 is 39.6 Å². The van der Waals surface area contributed by atoms with Gasteiger partial charge >= 0.3 is 254 Å². The SMILES string of the molecule is CCC[CH2][Sn]([CH2]CCC)([CH2]CCC)/[C](=C/CCCC(=O)NCc1ccc(OC)cc1OC)c1ccc(SC2CC2)cc1. The summed E-state index contributed by atoms with van der Waals surface area (Å²) in [6, 6.07) is 15.3. The van der Waals surface area contributed by atoms with Crippen LogP contribution >= 0.6 is 11.8 Å². The summed E-state index contributed by atoms with van der Waals surface area (Å²) in [6.45, 7) is 7.51. The monoisotopic (exact) mass is 701 g/mol. The van der Waals surface area contributed by atoms with Crippen LogP contribution in [0.4, 0.5) is 0 Å². The second-order valence-corrected chi connectivity index (χ2v) is 26.4. The summed E-state index contributed by atoms with van der Waals surface area (Å²) in [4.78, 5) is 14.2. The molecule has 0 heterocycles. The number of methoxy groups -OCH3 is 2. The van der Waals surface area contributed by atoms with Crippen molar-refractivity contribution in [2.24, 2.45) is 0 Å². The van der Waals surface area contributed by atoms with E-state index in [2.05, 4.69) is 56.4 Å². The van der Waals surface area contributed by atoms with Gasteiger partial charge in [0.2, 0.25) is 0 Å². The molecule has 1 saturated carbocycles. The minimum absolute atomic E-state index is 0.0991. The zero-order valence-corrected chi connectivity index (χ0v) is 30.6. The Bertz CT molecular complexity index is 1090. The molecule has 1 N–H and O–H groups in total. The van der Waals surface area contributed by atoms with E-state index in [1.54, 1.807) is 17.8 Å². The molecule has 232 valence electrons. The molecule has 0 saturated heterocycles. The van der Waals surface area contributed by atoms with Gasteiger partial charge in [-0.15, -0.1) is 0 Å². The van der Waals surface area contributed by atoms with Crippen molar-refractivity contribution in [3.8, 4) is 11.5 Å². The zero-order chi connectivity index (χ0) is 30.2. The van der Waals surface area contributed by atoms with Crippen molar-refractivity contribution < 1.29 is 14.3 Å². The number of rotatable bonds is 21. The molecule has 1 fully saturated rings. The second-order valence-electron chi connectivity index (χ2n) is 11.9. The Balaban J connectivity index is 1.74. The van der Waals surface area contributed by atoms with E-state index in [1.807, 2.05) is 30.0 Å². The predicted octanol–water partition coefficient (Wildman–Crippen LogP) is 10.2. The number of benzene rings is 2. The number of allylic oxidation sites excluding steroid dienone is 1. The third-order valence-corrected chi connectivity index (χ3v) is 25.8. The van der Waals surface area contributed by atoms with Gasteiger partial charge in [-0.05, 0) is 0 Å². The summed E-state index contributed by atoms with van der Waals surface area (Å²) >= 11 is -0.614. The average Bonchev–Trinajstić information content (AvgIpc) is 3.84. The molecular formula is C36H55NO3SSn. The van der Waals surface area contributed by atoms with E-state index in [4.69, 9.17) is 9.47 Å². The number of unbranched alkanes of at least 4 members (excludes halogenated alkanes) is 4.